The van der Waals surface area contributed by atoms with Gasteiger partial charge in [0.15, 0.2) is 0 Å². The number of rotatable bonds is 6. The molecule has 0 fully saturated rings. The van der Waals surface area contributed by atoms with E-state index in [1.807, 2.05) is 0 Å². The van der Waals surface area contributed by atoms with Crippen molar-refractivity contribution in [2.45, 2.75) is 59.5 Å². The van der Waals surface area contributed by atoms with Crippen molar-refractivity contribution in [2.24, 2.45) is 0 Å². The van der Waals surface area contributed by atoms with Crippen molar-refractivity contribution in [3.8, 4) is 0 Å². The normalized spacial score (nSPS) is 15.2. The summed E-state index contributed by atoms with van der Waals surface area (Å²) in [5, 5.41) is 1.58. The molecule has 0 aliphatic carbocycles. The van der Waals surface area contributed by atoms with Crippen molar-refractivity contribution >= 4 is 36.8 Å². The Morgan fingerprint density at radius 3 is 1.71 bits per heavy atom. The van der Waals surface area contributed by atoms with Gasteiger partial charge in [0.2, 0.25) is 0 Å². The van der Waals surface area contributed by atoms with Crippen molar-refractivity contribution in [1.29, 1.82) is 0 Å². The fraction of sp³-hybridized carbons (Fsp3) is 1.00. The molecule has 0 aromatic heterocycles. The van der Waals surface area contributed by atoms with Gasteiger partial charge in [-0.25, -0.2) is 0 Å². The van der Waals surface area contributed by atoms with Gasteiger partial charge in [0, 0.05) is 0 Å². The Bertz CT molecular complexity index is 150. The Hall–Kier alpha value is 1.24. The van der Waals surface area contributed by atoms with Crippen LogP contribution in [0.15, 0.2) is 0 Å². The van der Waals surface area contributed by atoms with E-state index in [2.05, 4.69) is 68.5 Å². The standard InChI is InChI=1S/C11H26GeS2/c1-9(2)13-8-11(12(5,6)7)14-10(3)4/h9-11H,8H2,1-7H3. The summed E-state index contributed by atoms with van der Waals surface area (Å²) < 4.78 is 0.961. The zero-order valence-electron chi connectivity index (χ0n) is 10.8. The molecule has 0 aromatic carbocycles. The van der Waals surface area contributed by atoms with Crippen LogP contribution >= 0.6 is 23.5 Å². The SMILES string of the molecule is CC(C)SC[CH](SC(C)C)[Ge]([CH3])([CH3])[CH3]. The minimum absolute atomic E-state index is 0.787. The summed E-state index contributed by atoms with van der Waals surface area (Å²) in [5.74, 6) is 8.99. The van der Waals surface area contributed by atoms with Gasteiger partial charge in [-0.15, -0.1) is 0 Å². The molecule has 0 aliphatic rings. The average molecular weight is 295 g/mol. The molecule has 0 amide bonds. The summed E-state index contributed by atoms with van der Waals surface area (Å²) in [5.41, 5.74) is 0. The van der Waals surface area contributed by atoms with E-state index in [0.29, 0.717) is 0 Å². The Morgan fingerprint density at radius 1 is 0.929 bits per heavy atom. The van der Waals surface area contributed by atoms with Gasteiger partial charge < -0.3 is 0 Å². The van der Waals surface area contributed by atoms with E-state index >= 15 is 0 Å². The second-order valence-corrected chi connectivity index (χ2v) is 21.1. The summed E-state index contributed by atoms with van der Waals surface area (Å²) in [7, 11) is 0. The van der Waals surface area contributed by atoms with E-state index in [1.165, 1.54) is 5.75 Å². The van der Waals surface area contributed by atoms with Crippen molar-refractivity contribution in [1.82, 2.24) is 0 Å². The quantitative estimate of drug-likeness (QED) is 0.661. The molecule has 14 heavy (non-hydrogen) atoms. The van der Waals surface area contributed by atoms with Gasteiger partial charge in [0.25, 0.3) is 0 Å². The van der Waals surface area contributed by atoms with Gasteiger partial charge in [-0.05, 0) is 0 Å². The summed E-state index contributed by atoms with van der Waals surface area (Å²) in [6.45, 7) is 9.26. The van der Waals surface area contributed by atoms with E-state index in [4.69, 9.17) is 0 Å². The van der Waals surface area contributed by atoms with Crippen molar-refractivity contribution in [3.63, 3.8) is 0 Å². The molecule has 0 rings (SSSR count). The van der Waals surface area contributed by atoms with Crippen LogP contribution in [0.5, 0.6) is 0 Å². The average Bonchev–Trinajstić information content (AvgIpc) is 1.94. The van der Waals surface area contributed by atoms with Crippen molar-refractivity contribution < 1.29 is 0 Å². The Labute approximate surface area is 102 Å². The van der Waals surface area contributed by atoms with Crippen LogP contribution in [0, 0.1) is 0 Å². The molecule has 0 spiro atoms. The van der Waals surface area contributed by atoms with E-state index in [0.717, 1.165) is 14.6 Å². The van der Waals surface area contributed by atoms with E-state index in [9.17, 15) is 0 Å². The Kier molecular flexibility index (Phi) is 7.34. The molecule has 1 atom stereocenters. The van der Waals surface area contributed by atoms with Crippen LogP contribution in [0.4, 0.5) is 0 Å². The molecule has 0 heterocycles. The molecule has 0 saturated heterocycles. The van der Waals surface area contributed by atoms with Crippen molar-refractivity contribution in [2.75, 3.05) is 5.75 Å². The second kappa shape index (κ2) is 6.75. The van der Waals surface area contributed by atoms with Gasteiger partial charge in [0.1, 0.15) is 0 Å². The van der Waals surface area contributed by atoms with Crippen molar-refractivity contribution in [3.05, 3.63) is 0 Å². The summed E-state index contributed by atoms with van der Waals surface area (Å²) in [6.07, 6.45) is 0. The minimum atomic E-state index is -1.46. The Balaban J connectivity index is 4.12. The predicted molar refractivity (Wildman–Crippen MR) is 77.5 cm³/mol. The molecular weight excluding hydrogens is 269 g/mol. The fourth-order valence-electron chi connectivity index (χ4n) is 1.10. The topological polar surface area (TPSA) is 0 Å². The fourth-order valence-corrected chi connectivity index (χ4v) is 11.8. The first-order valence-corrected chi connectivity index (χ1v) is 15.0. The molecule has 86 valence electrons. The second-order valence-electron chi connectivity index (χ2n) is 5.42. The molecular formula is C11H26GeS2. The molecule has 0 saturated carbocycles. The van der Waals surface area contributed by atoms with Crippen LogP contribution in [-0.4, -0.2) is 33.6 Å². The number of thioether (sulfide) groups is 2. The number of hydrogen-bond acceptors (Lipinski definition) is 2. The monoisotopic (exact) mass is 296 g/mol. The summed E-state index contributed by atoms with van der Waals surface area (Å²) in [6, 6.07) is 0. The summed E-state index contributed by atoms with van der Waals surface area (Å²) >= 11 is 2.88. The van der Waals surface area contributed by atoms with Crippen LogP contribution in [0.1, 0.15) is 27.7 Å². The first-order chi connectivity index (χ1) is 6.23. The number of hydrogen-bond donors (Lipinski definition) is 0. The summed E-state index contributed by atoms with van der Waals surface area (Å²) in [4.78, 5) is 0. The molecule has 0 aromatic rings. The van der Waals surface area contributed by atoms with E-state index in [-0.39, 0.29) is 0 Å². The molecule has 0 N–H and O–H groups in total. The predicted octanol–water partition coefficient (Wildman–Crippen LogP) is 4.52. The zero-order chi connectivity index (χ0) is 11.4. The van der Waals surface area contributed by atoms with Gasteiger partial charge in [-0.1, -0.05) is 0 Å². The third-order valence-corrected chi connectivity index (χ3v) is 14.1. The van der Waals surface area contributed by atoms with E-state index < -0.39 is 13.3 Å². The van der Waals surface area contributed by atoms with Gasteiger partial charge in [0.05, 0.1) is 0 Å². The van der Waals surface area contributed by atoms with Crippen LogP contribution in [0.3, 0.4) is 0 Å². The van der Waals surface area contributed by atoms with Crippen LogP contribution in [0.25, 0.3) is 0 Å². The van der Waals surface area contributed by atoms with Crippen LogP contribution in [-0.2, 0) is 0 Å². The maximum absolute atomic E-state index is 2.54. The molecule has 0 bridgehead atoms. The third kappa shape index (κ3) is 7.52. The van der Waals surface area contributed by atoms with Gasteiger partial charge in [-0.2, -0.15) is 0 Å². The molecule has 0 aliphatic heterocycles. The van der Waals surface area contributed by atoms with Gasteiger partial charge in [-0.3, -0.25) is 0 Å². The van der Waals surface area contributed by atoms with E-state index in [1.54, 1.807) is 0 Å². The first-order valence-electron chi connectivity index (χ1n) is 5.50. The molecule has 3 heteroatoms. The Morgan fingerprint density at radius 2 is 1.43 bits per heavy atom. The third-order valence-electron chi connectivity index (χ3n) is 1.98. The van der Waals surface area contributed by atoms with Crippen LogP contribution in [0.2, 0.25) is 17.3 Å². The van der Waals surface area contributed by atoms with Crippen LogP contribution < -0.4 is 0 Å². The first kappa shape index (κ1) is 15.2. The zero-order valence-corrected chi connectivity index (χ0v) is 14.5. The van der Waals surface area contributed by atoms with Gasteiger partial charge >= 0.3 is 102 Å². The molecule has 0 radical (unpaired) electrons. The maximum atomic E-state index is 2.54. The molecule has 0 nitrogen and oxygen atoms in total. The molecule has 1 unspecified atom stereocenters.